The summed E-state index contributed by atoms with van der Waals surface area (Å²) in [4.78, 5) is 11.9. The predicted octanol–water partition coefficient (Wildman–Crippen LogP) is 2.38. The second-order valence-corrected chi connectivity index (χ2v) is 4.98. The molecule has 110 valence electrons. The molecule has 0 saturated carbocycles. The Morgan fingerprint density at radius 2 is 2.40 bits per heavy atom. The SMILES string of the molecule is COc1cc(C(=O)NCCCC2CCOC2)ccc1F. The first-order valence-electron chi connectivity index (χ1n) is 6.90. The average Bonchev–Trinajstić information content (AvgIpc) is 2.97. The van der Waals surface area contributed by atoms with E-state index in [4.69, 9.17) is 9.47 Å². The molecule has 1 aliphatic heterocycles. The first-order valence-corrected chi connectivity index (χ1v) is 6.90. The molecule has 0 aromatic heterocycles. The van der Waals surface area contributed by atoms with Crippen LogP contribution in [0.4, 0.5) is 4.39 Å². The summed E-state index contributed by atoms with van der Waals surface area (Å²) in [6, 6.07) is 4.11. The number of methoxy groups -OCH3 is 1. The molecular formula is C15H20FNO3. The molecule has 1 unspecified atom stereocenters. The summed E-state index contributed by atoms with van der Waals surface area (Å²) in [6.45, 7) is 2.31. The van der Waals surface area contributed by atoms with Crippen molar-refractivity contribution in [2.24, 2.45) is 5.92 Å². The molecule has 1 N–H and O–H groups in total. The van der Waals surface area contributed by atoms with Crippen molar-refractivity contribution in [3.63, 3.8) is 0 Å². The van der Waals surface area contributed by atoms with E-state index in [1.807, 2.05) is 0 Å². The Labute approximate surface area is 118 Å². The topological polar surface area (TPSA) is 47.6 Å². The van der Waals surface area contributed by atoms with Crippen LogP contribution >= 0.6 is 0 Å². The number of hydrogen-bond acceptors (Lipinski definition) is 3. The molecule has 1 amide bonds. The summed E-state index contributed by atoms with van der Waals surface area (Å²) < 4.78 is 23.4. The number of amides is 1. The maximum absolute atomic E-state index is 13.2. The maximum atomic E-state index is 13.2. The van der Waals surface area contributed by atoms with E-state index in [-0.39, 0.29) is 11.7 Å². The quantitative estimate of drug-likeness (QED) is 0.814. The molecule has 1 aliphatic rings. The number of carbonyl (C=O) groups excluding carboxylic acids is 1. The summed E-state index contributed by atoms with van der Waals surface area (Å²) in [6.07, 6.45) is 3.11. The molecule has 20 heavy (non-hydrogen) atoms. The molecule has 1 saturated heterocycles. The largest absolute Gasteiger partial charge is 0.494 e. The molecule has 1 aromatic rings. The van der Waals surface area contributed by atoms with Crippen LogP contribution in [-0.4, -0.2) is 32.8 Å². The minimum absolute atomic E-state index is 0.0840. The highest BCUT2D eigenvalue weighted by atomic mass is 19.1. The highest BCUT2D eigenvalue weighted by Crippen LogP contribution is 2.19. The van der Waals surface area contributed by atoms with Crippen molar-refractivity contribution in [3.8, 4) is 5.75 Å². The summed E-state index contributed by atoms with van der Waals surface area (Å²) in [5.41, 5.74) is 0.410. The minimum Gasteiger partial charge on any atom is -0.494 e. The van der Waals surface area contributed by atoms with Gasteiger partial charge in [0.2, 0.25) is 0 Å². The number of halogens is 1. The van der Waals surface area contributed by atoms with Crippen LogP contribution in [0.3, 0.4) is 0 Å². The third-order valence-corrected chi connectivity index (χ3v) is 3.51. The standard InChI is InChI=1S/C15H20FNO3/c1-19-14-9-12(4-5-13(14)16)15(18)17-7-2-3-11-6-8-20-10-11/h4-5,9,11H,2-3,6-8,10H2,1H3,(H,17,18). The molecule has 1 aromatic carbocycles. The van der Waals surface area contributed by atoms with Gasteiger partial charge >= 0.3 is 0 Å². The fraction of sp³-hybridized carbons (Fsp3) is 0.533. The van der Waals surface area contributed by atoms with E-state index in [1.165, 1.54) is 25.3 Å². The summed E-state index contributed by atoms with van der Waals surface area (Å²) >= 11 is 0. The van der Waals surface area contributed by atoms with Gasteiger partial charge in [-0.05, 0) is 43.4 Å². The fourth-order valence-electron chi connectivity index (χ4n) is 2.31. The summed E-state index contributed by atoms with van der Waals surface area (Å²) in [5, 5.41) is 2.84. The van der Waals surface area contributed by atoms with Gasteiger partial charge < -0.3 is 14.8 Å². The number of rotatable bonds is 6. The van der Waals surface area contributed by atoms with Gasteiger partial charge in [0.15, 0.2) is 11.6 Å². The summed E-state index contributed by atoms with van der Waals surface area (Å²) in [5.74, 6) is 0.0369. The lowest BCUT2D eigenvalue weighted by Gasteiger charge is -2.09. The lowest BCUT2D eigenvalue weighted by atomic mass is 10.0. The maximum Gasteiger partial charge on any atom is 0.251 e. The smallest absolute Gasteiger partial charge is 0.251 e. The first kappa shape index (κ1) is 14.8. The number of benzene rings is 1. The van der Waals surface area contributed by atoms with Crippen LogP contribution in [0.15, 0.2) is 18.2 Å². The van der Waals surface area contributed by atoms with Crippen molar-refractivity contribution in [1.29, 1.82) is 0 Å². The van der Waals surface area contributed by atoms with E-state index in [2.05, 4.69) is 5.32 Å². The number of ether oxygens (including phenoxy) is 2. The Morgan fingerprint density at radius 3 is 3.10 bits per heavy atom. The third-order valence-electron chi connectivity index (χ3n) is 3.51. The highest BCUT2D eigenvalue weighted by molar-refractivity contribution is 5.94. The van der Waals surface area contributed by atoms with Gasteiger partial charge in [0.25, 0.3) is 5.91 Å². The molecule has 0 bridgehead atoms. The zero-order valence-corrected chi connectivity index (χ0v) is 11.7. The molecule has 1 fully saturated rings. The third kappa shape index (κ3) is 3.93. The van der Waals surface area contributed by atoms with E-state index < -0.39 is 5.82 Å². The molecule has 0 radical (unpaired) electrons. The van der Waals surface area contributed by atoms with Gasteiger partial charge in [-0.15, -0.1) is 0 Å². The lowest BCUT2D eigenvalue weighted by molar-refractivity contribution is 0.0952. The molecule has 1 atom stereocenters. The van der Waals surface area contributed by atoms with Crippen molar-refractivity contribution >= 4 is 5.91 Å². The van der Waals surface area contributed by atoms with Crippen LogP contribution in [0.2, 0.25) is 0 Å². The van der Waals surface area contributed by atoms with E-state index in [0.29, 0.717) is 18.0 Å². The second kappa shape index (κ2) is 7.24. The van der Waals surface area contributed by atoms with Gasteiger partial charge in [0, 0.05) is 25.3 Å². The molecule has 0 aliphatic carbocycles. The Bertz CT molecular complexity index is 458. The molecular weight excluding hydrogens is 261 g/mol. The molecule has 0 spiro atoms. The number of nitrogens with one attached hydrogen (secondary N) is 1. The van der Waals surface area contributed by atoms with E-state index >= 15 is 0 Å². The van der Waals surface area contributed by atoms with Crippen LogP contribution < -0.4 is 10.1 Å². The van der Waals surface area contributed by atoms with E-state index in [1.54, 1.807) is 0 Å². The number of carbonyl (C=O) groups is 1. The normalized spacial score (nSPS) is 18.0. The Kier molecular flexibility index (Phi) is 5.35. The monoisotopic (exact) mass is 281 g/mol. The number of hydrogen-bond donors (Lipinski definition) is 1. The molecule has 1 heterocycles. The van der Waals surface area contributed by atoms with Crippen molar-refractivity contribution < 1.29 is 18.7 Å². The molecule has 2 rings (SSSR count). The van der Waals surface area contributed by atoms with Gasteiger partial charge in [-0.2, -0.15) is 0 Å². The molecule has 4 nitrogen and oxygen atoms in total. The van der Waals surface area contributed by atoms with Crippen molar-refractivity contribution in [3.05, 3.63) is 29.6 Å². The Hall–Kier alpha value is -1.62. The zero-order valence-electron chi connectivity index (χ0n) is 11.7. The van der Waals surface area contributed by atoms with Crippen molar-refractivity contribution in [2.45, 2.75) is 19.3 Å². The Balaban J connectivity index is 1.76. The lowest BCUT2D eigenvalue weighted by Crippen LogP contribution is -2.25. The second-order valence-electron chi connectivity index (χ2n) is 4.98. The van der Waals surface area contributed by atoms with E-state index in [0.717, 1.165) is 32.5 Å². The van der Waals surface area contributed by atoms with Crippen LogP contribution in [0.1, 0.15) is 29.6 Å². The fourth-order valence-corrected chi connectivity index (χ4v) is 2.31. The van der Waals surface area contributed by atoms with Crippen LogP contribution in [0.25, 0.3) is 0 Å². The predicted molar refractivity (Wildman–Crippen MR) is 73.4 cm³/mol. The highest BCUT2D eigenvalue weighted by Gasteiger charge is 2.15. The first-order chi connectivity index (χ1) is 9.70. The zero-order chi connectivity index (χ0) is 14.4. The van der Waals surface area contributed by atoms with E-state index in [9.17, 15) is 9.18 Å². The van der Waals surface area contributed by atoms with Gasteiger partial charge in [0.1, 0.15) is 0 Å². The Morgan fingerprint density at radius 1 is 1.55 bits per heavy atom. The van der Waals surface area contributed by atoms with Gasteiger partial charge in [0.05, 0.1) is 7.11 Å². The van der Waals surface area contributed by atoms with Gasteiger partial charge in [-0.25, -0.2) is 4.39 Å². The van der Waals surface area contributed by atoms with Gasteiger partial charge in [-0.1, -0.05) is 0 Å². The average molecular weight is 281 g/mol. The minimum atomic E-state index is -0.467. The van der Waals surface area contributed by atoms with Crippen LogP contribution in [0, 0.1) is 11.7 Å². The van der Waals surface area contributed by atoms with Crippen LogP contribution in [0.5, 0.6) is 5.75 Å². The van der Waals surface area contributed by atoms with Crippen molar-refractivity contribution in [1.82, 2.24) is 5.32 Å². The molecule has 5 heteroatoms. The summed E-state index contributed by atoms with van der Waals surface area (Å²) in [7, 11) is 1.38. The van der Waals surface area contributed by atoms with Crippen molar-refractivity contribution in [2.75, 3.05) is 26.9 Å². The van der Waals surface area contributed by atoms with Crippen LogP contribution in [-0.2, 0) is 4.74 Å². The van der Waals surface area contributed by atoms with Gasteiger partial charge in [-0.3, -0.25) is 4.79 Å².